The van der Waals surface area contributed by atoms with Gasteiger partial charge in [-0.15, -0.1) is 0 Å². The topological polar surface area (TPSA) is 86.8 Å². The highest BCUT2D eigenvalue weighted by atomic mass is 32.2. The molecule has 0 fully saturated rings. The average Bonchev–Trinajstić information content (AvgIpc) is 3.05. The minimum absolute atomic E-state index is 0.0414. The quantitative estimate of drug-likeness (QED) is 0.145. The molecule has 0 aromatic heterocycles. The Morgan fingerprint density at radius 2 is 1.48 bits per heavy atom. The summed E-state index contributed by atoms with van der Waals surface area (Å²) in [4.78, 5) is 29.5. The molecule has 0 saturated heterocycles. The van der Waals surface area contributed by atoms with Crippen molar-refractivity contribution in [1.29, 1.82) is 0 Å². The van der Waals surface area contributed by atoms with Crippen LogP contribution in [0.3, 0.4) is 0 Å². The Labute approximate surface area is 280 Å². The van der Waals surface area contributed by atoms with Gasteiger partial charge in [-0.25, -0.2) is 8.42 Å². The van der Waals surface area contributed by atoms with E-state index in [1.54, 1.807) is 25.1 Å². The lowest BCUT2D eigenvalue weighted by Gasteiger charge is -2.34. The number of rotatable bonds is 14. The van der Waals surface area contributed by atoms with Gasteiger partial charge in [-0.1, -0.05) is 97.3 Å². The third-order valence-corrected chi connectivity index (χ3v) is 9.67. The molecule has 4 aromatic carbocycles. The van der Waals surface area contributed by atoms with Gasteiger partial charge in [-0.05, 0) is 61.7 Å². The summed E-state index contributed by atoms with van der Waals surface area (Å²) in [6.45, 7) is 5.13. The monoisotopic (exact) mass is 679 g/mol. The summed E-state index contributed by atoms with van der Waals surface area (Å²) in [7, 11) is -4.55. The molecule has 0 saturated carbocycles. The summed E-state index contributed by atoms with van der Waals surface area (Å²) >= 11 is 0. The van der Waals surface area contributed by atoms with Crippen LogP contribution in [0.5, 0.6) is 0 Å². The van der Waals surface area contributed by atoms with Gasteiger partial charge in [0.15, 0.2) is 0 Å². The number of carbonyl (C=O) groups is 2. The summed E-state index contributed by atoms with van der Waals surface area (Å²) in [5.41, 5.74) is 1.77. The minimum atomic E-state index is -4.76. The fourth-order valence-corrected chi connectivity index (χ4v) is 6.68. The number of halogens is 3. The smallest absolute Gasteiger partial charge is 0.354 e. The molecule has 0 aliphatic carbocycles. The highest BCUT2D eigenvalue weighted by Gasteiger charge is 2.36. The maximum Gasteiger partial charge on any atom is 0.416 e. The summed E-state index contributed by atoms with van der Waals surface area (Å²) in [5, 5.41) is 2.92. The van der Waals surface area contributed by atoms with Crippen molar-refractivity contribution in [3.05, 3.63) is 131 Å². The van der Waals surface area contributed by atoms with E-state index in [0.717, 1.165) is 35.2 Å². The second kappa shape index (κ2) is 16.0. The molecule has 11 heteroatoms. The molecule has 2 amide bonds. The first kappa shape index (κ1) is 36.2. The number of nitrogens with one attached hydrogen (secondary N) is 1. The molecule has 0 aliphatic heterocycles. The van der Waals surface area contributed by atoms with Gasteiger partial charge in [0.2, 0.25) is 11.8 Å². The van der Waals surface area contributed by atoms with E-state index >= 15 is 0 Å². The van der Waals surface area contributed by atoms with Crippen LogP contribution in [-0.4, -0.2) is 44.3 Å². The first-order chi connectivity index (χ1) is 22.8. The molecule has 4 rings (SSSR count). The Hall–Kier alpha value is -4.64. The number of sulfonamides is 1. The molecule has 7 nitrogen and oxygen atoms in total. The SMILES string of the molecule is CCCCNC(=O)[C@H](Cc1ccccc1)N(Cc1cccc(C)c1)C(=O)CN(c1cccc(C(F)(F)F)c1)S(=O)(=O)c1ccc(C)cc1. The number of unbranched alkanes of at least 4 members (excludes halogenated alkanes) is 1. The number of carbonyl (C=O) groups excluding carboxylic acids is 2. The predicted octanol–water partition coefficient (Wildman–Crippen LogP) is 7.07. The maximum absolute atomic E-state index is 14.5. The number of alkyl halides is 3. The van der Waals surface area contributed by atoms with Crippen molar-refractivity contribution in [1.82, 2.24) is 10.2 Å². The first-order valence-corrected chi connectivity index (χ1v) is 17.2. The van der Waals surface area contributed by atoms with Crippen molar-refractivity contribution >= 4 is 27.5 Å². The maximum atomic E-state index is 14.5. The molecule has 254 valence electrons. The molecule has 4 aromatic rings. The van der Waals surface area contributed by atoms with Crippen LogP contribution in [0.25, 0.3) is 0 Å². The van der Waals surface area contributed by atoms with Gasteiger partial charge in [0.1, 0.15) is 12.6 Å². The minimum Gasteiger partial charge on any atom is -0.354 e. The Bertz CT molecular complexity index is 1800. The molecular formula is C37H40F3N3O4S. The van der Waals surface area contributed by atoms with Crippen LogP contribution in [-0.2, 0) is 38.8 Å². The van der Waals surface area contributed by atoms with Gasteiger partial charge in [0.25, 0.3) is 10.0 Å². The molecular weight excluding hydrogens is 639 g/mol. The molecule has 0 bridgehead atoms. The van der Waals surface area contributed by atoms with E-state index in [1.807, 2.05) is 62.4 Å². The van der Waals surface area contributed by atoms with Crippen LogP contribution in [0.15, 0.2) is 108 Å². The van der Waals surface area contributed by atoms with E-state index in [-0.39, 0.29) is 23.5 Å². The second-order valence-corrected chi connectivity index (χ2v) is 13.6. The van der Waals surface area contributed by atoms with E-state index in [2.05, 4.69) is 5.32 Å². The third-order valence-electron chi connectivity index (χ3n) is 7.89. The standard InChI is InChI=1S/C37H40F3N3O4S/c1-4-5-21-41-36(45)34(23-29-12-7-6-8-13-29)42(25-30-14-9-11-28(3)22-30)35(44)26-43(32-16-10-15-31(24-32)37(38,39)40)48(46,47)33-19-17-27(2)18-20-33/h6-20,22,24,34H,4-5,21,23,25-26H2,1-3H3,(H,41,45)/t34-/m0/s1. The highest BCUT2D eigenvalue weighted by Crippen LogP contribution is 2.33. The summed E-state index contributed by atoms with van der Waals surface area (Å²) in [6.07, 6.45) is -3.08. The van der Waals surface area contributed by atoms with Crippen LogP contribution >= 0.6 is 0 Å². The van der Waals surface area contributed by atoms with Crippen molar-refractivity contribution in [2.45, 2.75) is 63.7 Å². The number of amides is 2. The largest absolute Gasteiger partial charge is 0.416 e. The normalized spacial score (nSPS) is 12.3. The molecule has 48 heavy (non-hydrogen) atoms. The average molecular weight is 680 g/mol. The zero-order valence-electron chi connectivity index (χ0n) is 27.2. The molecule has 1 atom stereocenters. The lowest BCUT2D eigenvalue weighted by atomic mass is 10.0. The Morgan fingerprint density at radius 1 is 0.812 bits per heavy atom. The number of nitrogens with zero attached hydrogens (tertiary/aromatic N) is 2. The van der Waals surface area contributed by atoms with Crippen LogP contribution in [0.2, 0.25) is 0 Å². The van der Waals surface area contributed by atoms with Crippen molar-refractivity contribution in [3.63, 3.8) is 0 Å². The van der Waals surface area contributed by atoms with Gasteiger partial charge in [-0.2, -0.15) is 13.2 Å². The molecule has 0 heterocycles. The number of aryl methyl sites for hydroxylation is 2. The number of hydrogen-bond acceptors (Lipinski definition) is 4. The highest BCUT2D eigenvalue weighted by molar-refractivity contribution is 7.92. The summed E-state index contributed by atoms with van der Waals surface area (Å²) in [6, 6.07) is 25.1. The zero-order chi connectivity index (χ0) is 34.9. The van der Waals surface area contributed by atoms with E-state index in [1.165, 1.54) is 23.1 Å². The predicted molar refractivity (Wildman–Crippen MR) is 181 cm³/mol. The Kier molecular flexibility index (Phi) is 12.0. The van der Waals surface area contributed by atoms with Gasteiger partial charge in [-0.3, -0.25) is 13.9 Å². The molecule has 0 aliphatic rings. The molecule has 0 radical (unpaired) electrons. The zero-order valence-corrected chi connectivity index (χ0v) is 28.0. The molecule has 0 unspecified atom stereocenters. The lowest BCUT2D eigenvalue weighted by Crippen LogP contribution is -2.53. The van der Waals surface area contributed by atoms with E-state index in [4.69, 9.17) is 0 Å². The summed E-state index contributed by atoms with van der Waals surface area (Å²) < 4.78 is 70.4. The first-order valence-electron chi connectivity index (χ1n) is 15.7. The van der Waals surface area contributed by atoms with Crippen LogP contribution in [0, 0.1) is 13.8 Å². The summed E-state index contributed by atoms with van der Waals surface area (Å²) in [5.74, 6) is -1.17. The second-order valence-electron chi connectivity index (χ2n) is 11.7. The Morgan fingerprint density at radius 3 is 2.12 bits per heavy atom. The van der Waals surface area contributed by atoms with E-state index in [0.29, 0.717) is 28.9 Å². The fraction of sp³-hybridized carbons (Fsp3) is 0.297. The Balaban J connectivity index is 1.83. The number of hydrogen-bond donors (Lipinski definition) is 1. The van der Waals surface area contributed by atoms with Gasteiger partial charge >= 0.3 is 6.18 Å². The fourth-order valence-electron chi connectivity index (χ4n) is 5.27. The van der Waals surface area contributed by atoms with Gasteiger partial charge in [0, 0.05) is 19.5 Å². The number of anilines is 1. The van der Waals surface area contributed by atoms with Crippen LogP contribution in [0.4, 0.5) is 18.9 Å². The lowest BCUT2D eigenvalue weighted by molar-refractivity contribution is -0.140. The van der Waals surface area contributed by atoms with E-state index in [9.17, 15) is 31.2 Å². The van der Waals surface area contributed by atoms with Gasteiger partial charge in [0.05, 0.1) is 16.1 Å². The molecule has 1 N–H and O–H groups in total. The van der Waals surface area contributed by atoms with Crippen molar-refractivity contribution in [3.8, 4) is 0 Å². The van der Waals surface area contributed by atoms with Crippen molar-refractivity contribution in [2.75, 3.05) is 17.4 Å². The van der Waals surface area contributed by atoms with E-state index < -0.39 is 46.2 Å². The van der Waals surface area contributed by atoms with Gasteiger partial charge < -0.3 is 10.2 Å². The van der Waals surface area contributed by atoms with Crippen LogP contribution in [0.1, 0.15) is 47.6 Å². The van der Waals surface area contributed by atoms with Crippen molar-refractivity contribution in [2.24, 2.45) is 0 Å². The van der Waals surface area contributed by atoms with Crippen LogP contribution < -0.4 is 9.62 Å². The molecule has 0 spiro atoms. The third kappa shape index (κ3) is 9.47. The van der Waals surface area contributed by atoms with Crippen molar-refractivity contribution < 1.29 is 31.2 Å². The number of benzene rings is 4.